The van der Waals surface area contributed by atoms with E-state index in [-0.39, 0.29) is 6.04 Å². The summed E-state index contributed by atoms with van der Waals surface area (Å²) in [6.45, 7) is 6.42. The van der Waals surface area contributed by atoms with E-state index in [4.69, 9.17) is 28.5 Å². The molecule has 1 aliphatic heterocycles. The highest BCUT2D eigenvalue weighted by Gasteiger charge is 2.21. The van der Waals surface area contributed by atoms with Gasteiger partial charge in [0, 0.05) is 48.3 Å². The highest BCUT2D eigenvalue weighted by atomic mass is 35.5. The maximum absolute atomic E-state index is 8.92. The maximum Gasteiger partial charge on any atom is 0.0950 e. The fourth-order valence-electron chi connectivity index (χ4n) is 2.30. The molecule has 3 nitrogen and oxygen atoms in total. The van der Waals surface area contributed by atoms with Crippen molar-refractivity contribution >= 4 is 23.2 Å². The molecule has 0 aromatic heterocycles. The molecule has 102 valence electrons. The second kappa shape index (κ2) is 6.58. The summed E-state index contributed by atoms with van der Waals surface area (Å²) in [7, 11) is 0. The molecule has 1 unspecified atom stereocenters. The molecule has 0 bridgehead atoms. The van der Waals surface area contributed by atoms with E-state index in [9.17, 15) is 0 Å². The molecule has 2 rings (SSSR count). The predicted octanol–water partition coefficient (Wildman–Crippen LogP) is 3.02. The van der Waals surface area contributed by atoms with Gasteiger partial charge < -0.3 is 0 Å². The van der Waals surface area contributed by atoms with E-state index in [0.29, 0.717) is 0 Å². The van der Waals surface area contributed by atoms with Crippen LogP contribution in [0.4, 0.5) is 0 Å². The molecule has 1 fully saturated rings. The molecule has 1 aromatic carbocycles. The van der Waals surface area contributed by atoms with Crippen LogP contribution in [-0.4, -0.2) is 42.0 Å². The van der Waals surface area contributed by atoms with E-state index in [1.54, 1.807) is 0 Å². The molecule has 0 N–H and O–H groups in total. The van der Waals surface area contributed by atoms with Gasteiger partial charge in [0.25, 0.3) is 0 Å². The van der Waals surface area contributed by atoms with E-state index >= 15 is 0 Å². The molecule has 19 heavy (non-hydrogen) atoms. The van der Waals surface area contributed by atoms with Crippen molar-refractivity contribution in [2.45, 2.75) is 19.5 Å². The third-order valence-corrected chi connectivity index (χ3v) is 4.29. The van der Waals surface area contributed by atoms with Gasteiger partial charge in [-0.1, -0.05) is 29.3 Å². The fourth-order valence-corrected chi connectivity index (χ4v) is 2.81. The van der Waals surface area contributed by atoms with E-state index in [0.717, 1.165) is 48.3 Å². The van der Waals surface area contributed by atoms with Gasteiger partial charge in [0.2, 0.25) is 0 Å². The van der Waals surface area contributed by atoms with Gasteiger partial charge in [-0.05, 0) is 19.1 Å². The van der Waals surface area contributed by atoms with E-state index in [1.807, 2.05) is 25.1 Å². The molecule has 0 radical (unpaired) electrons. The second-order valence-corrected chi connectivity index (χ2v) is 5.63. The zero-order chi connectivity index (χ0) is 13.8. The van der Waals surface area contributed by atoms with Crippen molar-refractivity contribution in [2.24, 2.45) is 0 Å². The lowest BCUT2D eigenvalue weighted by Crippen LogP contribution is -2.48. The molecule has 1 atom stereocenters. The minimum Gasteiger partial charge on any atom is -0.296 e. The molecular formula is C14H17Cl2N3. The first kappa shape index (κ1) is 14.6. The highest BCUT2D eigenvalue weighted by Crippen LogP contribution is 2.26. The summed E-state index contributed by atoms with van der Waals surface area (Å²) < 4.78 is 0. The summed E-state index contributed by atoms with van der Waals surface area (Å²) in [6, 6.07) is 7.88. The smallest absolute Gasteiger partial charge is 0.0950 e. The lowest BCUT2D eigenvalue weighted by Gasteiger charge is -2.36. The van der Waals surface area contributed by atoms with Gasteiger partial charge in [-0.3, -0.25) is 9.80 Å². The molecule has 0 saturated carbocycles. The Morgan fingerprint density at radius 1 is 1.21 bits per heavy atom. The number of halogens is 2. The molecule has 0 amide bonds. The van der Waals surface area contributed by atoms with Gasteiger partial charge in [-0.15, -0.1) is 0 Å². The summed E-state index contributed by atoms with van der Waals surface area (Å²) in [5, 5.41) is 10.4. The van der Waals surface area contributed by atoms with Crippen LogP contribution in [0, 0.1) is 11.3 Å². The Labute approximate surface area is 124 Å². The van der Waals surface area contributed by atoms with Crippen LogP contribution < -0.4 is 0 Å². The van der Waals surface area contributed by atoms with E-state index < -0.39 is 0 Å². The standard InChI is InChI=1S/C14H17Cl2N3/c1-11(9-17)19-7-5-18(6-8-19)10-12-13(15)3-2-4-14(12)16/h2-4,11H,5-8,10H2,1H3. The van der Waals surface area contributed by atoms with Crippen molar-refractivity contribution in [3.63, 3.8) is 0 Å². The largest absolute Gasteiger partial charge is 0.296 e. The van der Waals surface area contributed by atoms with Crippen LogP contribution in [0.2, 0.25) is 10.0 Å². The zero-order valence-corrected chi connectivity index (χ0v) is 12.5. The van der Waals surface area contributed by atoms with E-state index in [2.05, 4.69) is 15.9 Å². The summed E-state index contributed by atoms with van der Waals surface area (Å²) in [5.41, 5.74) is 0.993. The summed E-state index contributed by atoms with van der Waals surface area (Å²) >= 11 is 12.4. The quantitative estimate of drug-likeness (QED) is 0.859. The number of rotatable bonds is 3. The lowest BCUT2D eigenvalue weighted by molar-refractivity contribution is 0.114. The van der Waals surface area contributed by atoms with Crippen molar-refractivity contribution in [1.82, 2.24) is 9.80 Å². The first-order valence-electron chi connectivity index (χ1n) is 6.40. The Morgan fingerprint density at radius 2 is 1.79 bits per heavy atom. The monoisotopic (exact) mass is 297 g/mol. The van der Waals surface area contributed by atoms with Crippen molar-refractivity contribution < 1.29 is 0 Å². The Morgan fingerprint density at radius 3 is 2.32 bits per heavy atom. The second-order valence-electron chi connectivity index (χ2n) is 4.82. The molecule has 1 aliphatic rings. The van der Waals surface area contributed by atoms with E-state index in [1.165, 1.54) is 0 Å². The van der Waals surface area contributed by atoms with Crippen LogP contribution in [0.5, 0.6) is 0 Å². The summed E-state index contributed by atoms with van der Waals surface area (Å²) in [6.07, 6.45) is 0. The lowest BCUT2D eigenvalue weighted by atomic mass is 10.2. The molecule has 0 aliphatic carbocycles. The van der Waals surface area contributed by atoms with Crippen LogP contribution in [-0.2, 0) is 6.54 Å². The van der Waals surface area contributed by atoms with Crippen molar-refractivity contribution in [3.8, 4) is 6.07 Å². The van der Waals surface area contributed by atoms with Crippen LogP contribution in [0.1, 0.15) is 12.5 Å². The average molecular weight is 298 g/mol. The number of hydrogen-bond acceptors (Lipinski definition) is 3. The molecule has 1 aromatic rings. The van der Waals surface area contributed by atoms with Crippen LogP contribution in [0.3, 0.4) is 0 Å². The predicted molar refractivity (Wildman–Crippen MR) is 78.4 cm³/mol. The number of nitriles is 1. The van der Waals surface area contributed by atoms with Gasteiger partial charge in [0.1, 0.15) is 0 Å². The Kier molecular flexibility index (Phi) is 5.06. The Balaban J connectivity index is 1.95. The van der Waals surface area contributed by atoms with Crippen LogP contribution in [0.15, 0.2) is 18.2 Å². The Hall–Kier alpha value is -0.790. The molecule has 1 heterocycles. The first-order chi connectivity index (χ1) is 9.11. The number of nitrogens with zero attached hydrogens (tertiary/aromatic N) is 3. The zero-order valence-electron chi connectivity index (χ0n) is 10.9. The minimum atomic E-state index is -0.00829. The van der Waals surface area contributed by atoms with Gasteiger partial charge in [0.05, 0.1) is 12.1 Å². The van der Waals surface area contributed by atoms with Crippen LogP contribution in [0.25, 0.3) is 0 Å². The minimum absolute atomic E-state index is 0.00829. The summed E-state index contributed by atoms with van der Waals surface area (Å²) in [4.78, 5) is 4.53. The molecule has 1 saturated heterocycles. The molecule has 5 heteroatoms. The molecular weight excluding hydrogens is 281 g/mol. The fraction of sp³-hybridized carbons (Fsp3) is 0.500. The van der Waals surface area contributed by atoms with Gasteiger partial charge >= 0.3 is 0 Å². The molecule has 0 spiro atoms. The third kappa shape index (κ3) is 3.61. The summed E-state index contributed by atoms with van der Waals surface area (Å²) in [5.74, 6) is 0. The average Bonchev–Trinajstić information content (AvgIpc) is 2.43. The third-order valence-electron chi connectivity index (χ3n) is 3.58. The first-order valence-corrected chi connectivity index (χ1v) is 7.16. The van der Waals surface area contributed by atoms with Gasteiger partial charge in [0.15, 0.2) is 0 Å². The van der Waals surface area contributed by atoms with Crippen LogP contribution >= 0.6 is 23.2 Å². The van der Waals surface area contributed by atoms with Gasteiger partial charge in [-0.25, -0.2) is 0 Å². The topological polar surface area (TPSA) is 30.3 Å². The maximum atomic E-state index is 8.92. The highest BCUT2D eigenvalue weighted by molar-refractivity contribution is 6.35. The number of hydrogen-bond donors (Lipinski definition) is 0. The van der Waals surface area contributed by atoms with Crippen molar-refractivity contribution in [3.05, 3.63) is 33.8 Å². The van der Waals surface area contributed by atoms with Gasteiger partial charge in [-0.2, -0.15) is 5.26 Å². The normalized spacial score (nSPS) is 19.1. The van der Waals surface area contributed by atoms with Crippen molar-refractivity contribution in [1.29, 1.82) is 5.26 Å². The number of piperazine rings is 1. The number of benzene rings is 1. The van der Waals surface area contributed by atoms with Crippen molar-refractivity contribution in [2.75, 3.05) is 26.2 Å². The Bertz CT molecular complexity index is 456. The SMILES string of the molecule is CC(C#N)N1CCN(Cc2c(Cl)cccc2Cl)CC1.